The molecule has 1 atom stereocenters. The molecule has 0 unspecified atom stereocenters. The lowest BCUT2D eigenvalue weighted by molar-refractivity contribution is -0.153. The molecule has 1 saturated carbocycles. The molecule has 1 fully saturated rings. The molecule has 0 radical (unpaired) electrons. The van der Waals surface area contributed by atoms with E-state index in [1.807, 2.05) is 0 Å². The number of hydrogen-bond donors (Lipinski definition) is 0. The Morgan fingerprint density at radius 3 is 2.48 bits per heavy atom. The predicted molar refractivity (Wildman–Crippen MR) is 105 cm³/mol. The summed E-state index contributed by atoms with van der Waals surface area (Å²) in [5.74, 6) is -0.433. The molecule has 1 aliphatic rings. The zero-order valence-corrected chi connectivity index (χ0v) is 18.1. The highest BCUT2D eigenvalue weighted by Crippen LogP contribution is 2.45. The fourth-order valence-electron chi connectivity index (χ4n) is 3.50. The molecule has 1 aromatic carbocycles. The van der Waals surface area contributed by atoms with Crippen LogP contribution in [0.2, 0.25) is 0 Å². The fraction of sp³-hybridized carbons (Fsp3) is 0.550. The van der Waals surface area contributed by atoms with E-state index < -0.39 is 39.6 Å². The fourth-order valence-corrected chi connectivity index (χ4v) is 4.89. The Morgan fingerprint density at radius 1 is 1.29 bits per heavy atom. The number of ether oxygens (including phenoxy) is 1. The van der Waals surface area contributed by atoms with Gasteiger partial charge in [-0.25, -0.2) is 8.42 Å². The first kappa shape index (κ1) is 23.2. The Labute approximate surface area is 177 Å². The van der Waals surface area contributed by atoms with Crippen molar-refractivity contribution in [3.8, 4) is 5.75 Å². The van der Waals surface area contributed by atoms with E-state index in [4.69, 9.17) is 9.26 Å². The van der Waals surface area contributed by atoms with Crippen LogP contribution >= 0.6 is 0 Å². The standard InChI is InChI=1S/C20H23F3N2O5S/c1-12-24-18(25-30-12)19(2,11-31(3,27)28)9-16(26)14-6-7-15(13-4-5-13)17(8-14)29-10-20(21,22)23/h6-8,13H,4-5,9-11H2,1-3H3/t19-/m0/s1. The Hall–Kier alpha value is -2.43. The molecule has 1 aromatic heterocycles. The van der Waals surface area contributed by atoms with Crippen molar-refractivity contribution in [3.05, 3.63) is 41.0 Å². The minimum Gasteiger partial charge on any atom is -0.484 e. The van der Waals surface area contributed by atoms with E-state index in [0.717, 1.165) is 19.1 Å². The van der Waals surface area contributed by atoms with E-state index in [-0.39, 0.29) is 35.4 Å². The van der Waals surface area contributed by atoms with Gasteiger partial charge in [-0.05, 0) is 30.4 Å². The first-order valence-electron chi connectivity index (χ1n) is 9.61. The minimum absolute atomic E-state index is 0.0193. The maximum atomic E-state index is 13.0. The number of aryl methyl sites for hydroxylation is 1. The third-order valence-electron chi connectivity index (χ3n) is 4.94. The number of Topliss-reactive ketones (excluding diaryl/α,β-unsaturated/α-hetero) is 1. The predicted octanol–water partition coefficient (Wildman–Crippen LogP) is 3.77. The summed E-state index contributed by atoms with van der Waals surface area (Å²) in [5, 5.41) is 3.79. The molecule has 0 N–H and O–H groups in total. The van der Waals surface area contributed by atoms with Crippen LogP contribution in [0.3, 0.4) is 0 Å². The largest absolute Gasteiger partial charge is 0.484 e. The normalized spacial score (nSPS) is 16.7. The van der Waals surface area contributed by atoms with Gasteiger partial charge in [-0.2, -0.15) is 18.2 Å². The molecule has 3 rings (SSSR count). The first-order chi connectivity index (χ1) is 14.3. The molecular weight excluding hydrogens is 437 g/mol. The summed E-state index contributed by atoms with van der Waals surface area (Å²) >= 11 is 0. The van der Waals surface area contributed by atoms with Gasteiger partial charge < -0.3 is 9.26 Å². The van der Waals surface area contributed by atoms with E-state index in [9.17, 15) is 26.4 Å². The van der Waals surface area contributed by atoms with Gasteiger partial charge >= 0.3 is 6.18 Å². The Bertz CT molecular complexity index is 1080. The van der Waals surface area contributed by atoms with Crippen LogP contribution in [0, 0.1) is 6.92 Å². The van der Waals surface area contributed by atoms with Gasteiger partial charge in [-0.3, -0.25) is 4.79 Å². The SMILES string of the molecule is Cc1nc([C@@](C)(CC(=O)c2ccc(C3CC3)c(OCC(F)(F)F)c2)CS(C)(=O)=O)no1. The van der Waals surface area contributed by atoms with Crippen molar-refractivity contribution in [1.29, 1.82) is 0 Å². The first-order valence-corrected chi connectivity index (χ1v) is 11.7. The molecule has 11 heteroatoms. The zero-order chi connectivity index (χ0) is 23.0. The monoisotopic (exact) mass is 460 g/mol. The van der Waals surface area contributed by atoms with E-state index in [1.54, 1.807) is 13.0 Å². The molecule has 0 aliphatic heterocycles. The van der Waals surface area contributed by atoms with Gasteiger partial charge in [0.15, 0.2) is 18.2 Å². The molecular formula is C20H23F3N2O5S. The summed E-state index contributed by atoms with van der Waals surface area (Å²) in [6, 6.07) is 4.42. The van der Waals surface area contributed by atoms with Crippen LogP contribution in [0.5, 0.6) is 5.75 Å². The van der Waals surface area contributed by atoms with Crippen molar-refractivity contribution in [3.63, 3.8) is 0 Å². The second-order valence-electron chi connectivity index (χ2n) is 8.30. The van der Waals surface area contributed by atoms with Gasteiger partial charge in [0, 0.05) is 25.2 Å². The van der Waals surface area contributed by atoms with Crippen molar-refractivity contribution >= 4 is 15.6 Å². The molecule has 2 aromatic rings. The third kappa shape index (κ3) is 6.28. The average molecular weight is 460 g/mol. The van der Waals surface area contributed by atoms with Crippen molar-refractivity contribution in [2.75, 3.05) is 18.6 Å². The second kappa shape index (κ2) is 8.25. The van der Waals surface area contributed by atoms with Crippen molar-refractivity contribution in [2.24, 2.45) is 0 Å². The van der Waals surface area contributed by atoms with E-state index >= 15 is 0 Å². The van der Waals surface area contributed by atoms with Gasteiger partial charge in [0.25, 0.3) is 0 Å². The maximum Gasteiger partial charge on any atom is 0.422 e. The number of nitrogens with zero attached hydrogens (tertiary/aromatic N) is 2. The van der Waals surface area contributed by atoms with Gasteiger partial charge in [-0.15, -0.1) is 0 Å². The molecule has 7 nitrogen and oxygen atoms in total. The smallest absolute Gasteiger partial charge is 0.422 e. The number of alkyl halides is 3. The summed E-state index contributed by atoms with van der Waals surface area (Å²) in [6.07, 6.45) is -2.05. The molecule has 1 aliphatic carbocycles. The number of sulfone groups is 1. The lowest BCUT2D eigenvalue weighted by atomic mass is 9.84. The van der Waals surface area contributed by atoms with Crippen LogP contribution in [0.15, 0.2) is 22.7 Å². The molecule has 170 valence electrons. The average Bonchev–Trinajstić information content (AvgIpc) is 3.37. The van der Waals surface area contributed by atoms with Gasteiger partial charge in [-0.1, -0.05) is 24.2 Å². The topological polar surface area (TPSA) is 99.4 Å². The summed E-state index contributed by atoms with van der Waals surface area (Å²) < 4.78 is 71.8. The Balaban J connectivity index is 1.89. The van der Waals surface area contributed by atoms with Crippen molar-refractivity contribution < 1.29 is 35.6 Å². The molecule has 31 heavy (non-hydrogen) atoms. The molecule has 0 spiro atoms. The number of benzene rings is 1. The number of carbonyl (C=O) groups is 1. The number of halogens is 3. The number of carbonyl (C=O) groups excluding carboxylic acids is 1. The summed E-state index contributed by atoms with van der Waals surface area (Å²) in [4.78, 5) is 17.1. The number of aromatic nitrogens is 2. The highest BCUT2D eigenvalue weighted by molar-refractivity contribution is 7.90. The lowest BCUT2D eigenvalue weighted by Gasteiger charge is -2.24. The molecule has 1 heterocycles. The summed E-state index contributed by atoms with van der Waals surface area (Å²) in [6.45, 7) is 1.62. The highest BCUT2D eigenvalue weighted by Gasteiger charge is 2.38. The van der Waals surface area contributed by atoms with Gasteiger partial charge in [0.1, 0.15) is 15.6 Å². The van der Waals surface area contributed by atoms with E-state index in [1.165, 1.54) is 19.1 Å². The number of ketones is 1. The van der Waals surface area contributed by atoms with Crippen LogP contribution in [0.1, 0.15) is 59.7 Å². The minimum atomic E-state index is -4.51. The second-order valence-corrected chi connectivity index (χ2v) is 10.4. The quantitative estimate of drug-likeness (QED) is 0.525. The summed E-state index contributed by atoms with van der Waals surface area (Å²) in [5.41, 5.74) is -0.514. The Kier molecular flexibility index (Phi) is 6.18. The van der Waals surface area contributed by atoms with Crippen molar-refractivity contribution in [1.82, 2.24) is 10.1 Å². The van der Waals surface area contributed by atoms with E-state index in [0.29, 0.717) is 5.56 Å². The number of rotatable bonds is 9. The third-order valence-corrected chi connectivity index (χ3v) is 6.10. The lowest BCUT2D eigenvalue weighted by Crippen LogP contribution is -2.35. The highest BCUT2D eigenvalue weighted by atomic mass is 32.2. The van der Waals surface area contributed by atoms with Crippen LogP contribution < -0.4 is 4.74 Å². The molecule has 0 bridgehead atoms. The van der Waals surface area contributed by atoms with E-state index in [2.05, 4.69) is 10.1 Å². The summed E-state index contributed by atoms with van der Waals surface area (Å²) in [7, 11) is -3.51. The van der Waals surface area contributed by atoms with Gasteiger partial charge in [0.2, 0.25) is 5.89 Å². The zero-order valence-electron chi connectivity index (χ0n) is 17.3. The van der Waals surface area contributed by atoms with Gasteiger partial charge in [0.05, 0.1) is 11.2 Å². The number of hydrogen-bond acceptors (Lipinski definition) is 7. The van der Waals surface area contributed by atoms with Crippen LogP contribution in [-0.4, -0.2) is 49.1 Å². The van der Waals surface area contributed by atoms with Crippen LogP contribution in [0.4, 0.5) is 13.2 Å². The van der Waals surface area contributed by atoms with Crippen molar-refractivity contribution in [2.45, 2.75) is 50.6 Å². The Morgan fingerprint density at radius 2 is 1.97 bits per heavy atom. The maximum absolute atomic E-state index is 13.0. The molecule has 0 amide bonds. The molecule has 0 saturated heterocycles. The van der Waals surface area contributed by atoms with Crippen LogP contribution in [0.25, 0.3) is 0 Å². The van der Waals surface area contributed by atoms with Crippen LogP contribution in [-0.2, 0) is 15.3 Å².